The van der Waals surface area contributed by atoms with Crippen molar-refractivity contribution < 1.29 is 9.59 Å². The maximum absolute atomic E-state index is 13.4. The maximum Gasteiger partial charge on any atom is 0.251 e. The van der Waals surface area contributed by atoms with Gasteiger partial charge in [-0.1, -0.05) is 12.1 Å². The second kappa shape index (κ2) is 8.07. The van der Waals surface area contributed by atoms with Crippen LogP contribution in [-0.2, 0) is 16.8 Å². The van der Waals surface area contributed by atoms with Gasteiger partial charge < -0.3 is 15.1 Å². The van der Waals surface area contributed by atoms with Crippen LogP contribution in [0.15, 0.2) is 67.1 Å². The summed E-state index contributed by atoms with van der Waals surface area (Å²) < 4.78 is 0. The summed E-state index contributed by atoms with van der Waals surface area (Å²) in [4.78, 5) is 38.7. The number of amides is 2. The van der Waals surface area contributed by atoms with E-state index in [0.29, 0.717) is 24.9 Å². The fourth-order valence-electron chi connectivity index (χ4n) is 4.83. The molecule has 0 bridgehead atoms. The molecule has 2 aromatic heterocycles. The largest absolute Gasteiger partial charge is 0.357 e. The van der Waals surface area contributed by atoms with Gasteiger partial charge in [0, 0.05) is 56.5 Å². The third-order valence-corrected chi connectivity index (χ3v) is 6.62. The summed E-state index contributed by atoms with van der Waals surface area (Å²) in [7, 11) is 1.82. The molecule has 1 fully saturated rings. The lowest BCUT2D eigenvalue weighted by atomic mass is 9.73. The van der Waals surface area contributed by atoms with E-state index < -0.39 is 5.41 Å². The third-order valence-electron chi connectivity index (χ3n) is 6.62. The molecule has 2 aliphatic heterocycles. The van der Waals surface area contributed by atoms with Crippen molar-refractivity contribution in [2.45, 2.75) is 24.8 Å². The molecule has 0 radical (unpaired) electrons. The molecule has 1 aromatic carbocycles. The molecule has 1 N–H and O–H groups in total. The summed E-state index contributed by atoms with van der Waals surface area (Å²) in [6.07, 6.45) is 6.62. The lowest BCUT2D eigenvalue weighted by Crippen LogP contribution is -2.48. The molecule has 32 heavy (non-hydrogen) atoms. The van der Waals surface area contributed by atoms with Crippen molar-refractivity contribution in [2.24, 2.45) is 0 Å². The second-order valence-electron chi connectivity index (χ2n) is 8.40. The van der Waals surface area contributed by atoms with Crippen molar-refractivity contribution >= 4 is 23.3 Å². The Bertz CT molecular complexity index is 1140. The first-order chi connectivity index (χ1) is 15.6. The molecular weight excluding hydrogens is 402 g/mol. The first-order valence-electron chi connectivity index (χ1n) is 10.8. The van der Waals surface area contributed by atoms with Gasteiger partial charge in [0.05, 0.1) is 5.41 Å². The molecule has 3 aromatic rings. The quantitative estimate of drug-likeness (QED) is 0.693. The maximum atomic E-state index is 13.4. The Morgan fingerprint density at radius 1 is 1.09 bits per heavy atom. The van der Waals surface area contributed by atoms with E-state index in [1.807, 2.05) is 49.5 Å². The van der Waals surface area contributed by atoms with Gasteiger partial charge in [-0.05, 0) is 60.4 Å². The number of rotatable bonds is 4. The Morgan fingerprint density at radius 2 is 1.94 bits per heavy atom. The summed E-state index contributed by atoms with van der Waals surface area (Å²) in [6.45, 7) is 1.90. The predicted octanol–water partition coefficient (Wildman–Crippen LogP) is 2.92. The lowest BCUT2D eigenvalue weighted by molar-refractivity contribution is -0.123. The summed E-state index contributed by atoms with van der Waals surface area (Å²) in [5.74, 6) is 0.894. The Kier molecular flexibility index (Phi) is 5.09. The van der Waals surface area contributed by atoms with Gasteiger partial charge in [0.25, 0.3) is 5.91 Å². The zero-order chi connectivity index (χ0) is 22.1. The van der Waals surface area contributed by atoms with Gasteiger partial charge in [-0.15, -0.1) is 0 Å². The van der Waals surface area contributed by atoms with Crippen LogP contribution >= 0.6 is 0 Å². The zero-order valence-electron chi connectivity index (χ0n) is 18.0. The van der Waals surface area contributed by atoms with Crippen molar-refractivity contribution in [1.29, 1.82) is 0 Å². The molecule has 7 heteroatoms. The topological polar surface area (TPSA) is 78.4 Å². The van der Waals surface area contributed by atoms with Gasteiger partial charge in [0.1, 0.15) is 5.82 Å². The monoisotopic (exact) mass is 427 g/mol. The van der Waals surface area contributed by atoms with Crippen LogP contribution in [0.1, 0.15) is 34.3 Å². The van der Waals surface area contributed by atoms with Gasteiger partial charge >= 0.3 is 0 Å². The predicted molar refractivity (Wildman–Crippen MR) is 123 cm³/mol. The van der Waals surface area contributed by atoms with Crippen LogP contribution < -0.4 is 15.1 Å². The number of pyridine rings is 2. The molecule has 0 saturated carbocycles. The number of piperidine rings is 1. The van der Waals surface area contributed by atoms with Crippen molar-refractivity contribution in [1.82, 2.24) is 15.3 Å². The first kappa shape index (κ1) is 20.2. The number of anilines is 2. The molecule has 5 rings (SSSR count). The second-order valence-corrected chi connectivity index (χ2v) is 8.40. The number of carbonyl (C=O) groups excluding carboxylic acids is 2. The highest BCUT2D eigenvalue weighted by molar-refractivity contribution is 6.09. The average Bonchev–Trinajstić information content (AvgIpc) is 3.05. The summed E-state index contributed by atoms with van der Waals surface area (Å²) in [5, 5.41) is 2.95. The summed E-state index contributed by atoms with van der Waals surface area (Å²) in [5.41, 5.74) is 2.77. The van der Waals surface area contributed by atoms with Crippen LogP contribution in [-0.4, -0.2) is 41.9 Å². The molecule has 7 nitrogen and oxygen atoms in total. The number of nitrogens with one attached hydrogen (secondary N) is 1. The zero-order valence-corrected chi connectivity index (χ0v) is 18.0. The Hall–Kier alpha value is -3.74. The van der Waals surface area contributed by atoms with E-state index in [9.17, 15) is 9.59 Å². The fraction of sp³-hybridized carbons (Fsp3) is 0.280. The number of benzene rings is 1. The van der Waals surface area contributed by atoms with E-state index >= 15 is 0 Å². The van der Waals surface area contributed by atoms with E-state index in [-0.39, 0.29) is 11.8 Å². The summed E-state index contributed by atoms with van der Waals surface area (Å²) >= 11 is 0. The van der Waals surface area contributed by atoms with Gasteiger partial charge in [0.2, 0.25) is 5.91 Å². The Balaban J connectivity index is 1.38. The van der Waals surface area contributed by atoms with Crippen molar-refractivity contribution in [3.8, 4) is 0 Å². The molecule has 2 aliphatic rings. The molecule has 0 unspecified atom stereocenters. The first-order valence-corrected chi connectivity index (χ1v) is 10.8. The standard InChI is InChI=1S/C25H25N5O2/c1-29-21-8-7-19(23(31)28-17-18-5-4-11-26-16-18)15-20(21)25(24(29)32)9-13-30(14-10-25)22-6-2-3-12-27-22/h2-8,11-12,15-16H,9-10,13-14,17H2,1H3,(H,28,31). The van der Waals surface area contributed by atoms with Crippen LogP contribution in [0.4, 0.5) is 11.5 Å². The number of hydrogen-bond donors (Lipinski definition) is 1. The number of nitrogens with zero attached hydrogens (tertiary/aromatic N) is 4. The van der Waals surface area contributed by atoms with Gasteiger partial charge in [-0.3, -0.25) is 14.6 Å². The molecule has 162 valence electrons. The number of carbonyl (C=O) groups is 2. The van der Waals surface area contributed by atoms with E-state index in [1.165, 1.54) is 0 Å². The van der Waals surface area contributed by atoms with E-state index in [1.54, 1.807) is 29.6 Å². The molecule has 2 amide bonds. The Morgan fingerprint density at radius 3 is 2.66 bits per heavy atom. The SMILES string of the molecule is CN1C(=O)C2(CCN(c3ccccn3)CC2)c2cc(C(=O)NCc3cccnc3)ccc21. The van der Waals surface area contributed by atoms with Crippen molar-refractivity contribution in [3.63, 3.8) is 0 Å². The van der Waals surface area contributed by atoms with Crippen LogP contribution in [0.3, 0.4) is 0 Å². The highest BCUT2D eigenvalue weighted by Gasteiger charge is 2.51. The Labute approximate surface area is 187 Å². The van der Waals surface area contributed by atoms with E-state index in [0.717, 1.165) is 35.7 Å². The molecule has 4 heterocycles. The summed E-state index contributed by atoms with van der Waals surface area (Å²) in [6, 6.07) is 15.3. The minimum Gasteiger partial charge on any atom is -0.357 e. The van der Waals surface area contributed by atoms with Gasteiger partial charge in [0.15, 0.2) is 0 Å². The molecule has 0 aliphatic carbocycles. The normalized spacial score (nSPS) is 16.8. The van der Waals surface area contributed by atoms with Crippen LogP contribution in [0, 0.1) is 0 Å². The van der Waals surface area contributed by atoms with E-state index in [2.05, 4.69) is 20.2 Å². The minimum atomic E-state index is -0.588. The van der Waals surface area contributed by atoms with Crippen molar-refractivity contribution in [3.05, 3.63) is 83.8 Å². The molecule has 0 atom stereocenters. The van der Waals surface area contributed by atoms with Crippen LogP contribution in [0.25, 0.3) is 0 Å². The third kappa shape index (κ3) is 3.39. The number of hydrogen-bond acceptors (Lipinski definition) is 5. The average molecular weight is 428 g/mol. The fourth-order valence-corrected chi connectivity index (χ4v) is 4.83. The number of likely N-dealkylation sites (N-methyl/N-ethyl adjacent to an activating group) is 1. The smallest absolute Gasteiger partial charge is 0.251 e. The minimum absolute atomic E-state index is 0.112. The molecular formula is C25H25N5O2. The van der Waals surface area contributed by atoms with Crippen LogP contribution in [0.2, 0.25) is 0 Å². The number of fused-ring (bicyclic) bond motifs is 2. The van der Waals surface area contributed by atoms with Gasteiger partial charge in [-0.2, -0.15) is 0 Å². The molecule has 1 spiro atoms. The highest BCUT2D eigenvalue weighted by atomic mass is 16.2. The number of aromatic nitrogens is 2. The van der Waals surface area contributed by atoms with Crippen LogP contribution in [0.5, 0.6) is 0 Å². The van der Waals surface area contributed by atoms with Crippen molar-refractivity contribution in [2.75, 3.05) is 29.9 Å². The van der Waals surface area contributed by atoms with Gasteiger partial charge in [-0.25, -0.2) is 4.98 Å². The highest BCUT2D eigenvalue weighted by Crippen LogP contribution is 2.48. The molecule has 1 saturated heterocycles. The van der Waals surface area contributed by atoms with E-state index in [4.69, 9.17) is 0 Å². The lowest BCUT2D eigenvalue weighted by Gasteiger charge is -2.39.